The monoisotopic (exact) mass is 360 g/mol. The molecule has 0 spiro atoms. The second-order valence-corrected chi connectivity index (χ2v) is 8.17. The number of hydrogen-bond acceptors (Lipinski definition) is 3. The number of nitrogens with one attached hydrogen (secondary N) is 2. The molecule has 0 fully saturated rings. The molecule has 0 aliphatic heterocycles. The molecule has 0 radical (unpaired) electrons. The van der Waals surface area contributed by atoms with Gasteiger partial charge in [0, 0.05) is 17.3 Å². The highest BCUT2D eigenvalue weighted by molar-refractivity contribution is 5.86. The highest BCUT2D eigenvalue weighted by Gasteiger charge is 2.22. The van der Waals surface area contributed by atoms with Crippen LogP contribution in [0.4, 0.5) is 5.82 Å². The molecule has 0 saturated heterocycles. The van der Waals surface area contributed by atoms with Crippen molar-refractivity contribution in [3.63, 3.8) is 0 Å². The lowest BCUT2D eigenvalue weighted by molar-refractivity contribution is 0.629. The molecule has 5 nitrogen and oxygen atoms in total. The molecule has 27 heavy (non-hydrogen) atoms. The summed E-state index contributed by atoms with van der Waals surface area (Å²) in [6, 6.07) is 12.0. The molecular weight excluding hydrogens is 336 g/mol. The van der Waals surface area contributed by atoms with Gasteiger partial charge < -0.3 is 10.3 Å². The average molecular weight is 360 g/mol. The molecule has 0 amide bonds. The van der Waals surface area contributed by atoms with Gasteiger partial charge in [0.05, 0.1) is 5.56 Å². The van der Waals surface area contributed by atoms with E-state index in [9.17, 15) is 4.79 Å². The van der Waals surface area contributed by atoms with Crippen molar-refractivity contribution in [2.24, 2.45) is 0 Å². The molecule has 0 aliphatic carbocycles. The Morgan fingerprint density at radius 2 is 1.89 bits per heavy atom. The Morgan fingerprint density at radius 3 is 2.63 bits per heavy atom. The summed E-state index contributed by atoms with van der Waals surface area (Å²) in [4.78, 5) is 20.7. The fourth-order valence-electron chi connectivity index (χ4n) is 3.37. The number of aromatic nitrogens is 3. The van der Waals surface area contributed by atoms with E-state index in [1.54, 1.807) is 0 Å². The van der Waals surface area contributed by atoms with Crippen LogP contribution < -0.4 is 10.9 Å². The first-order valence-corrected chi connectivity index (χ1v) is 9.13. The molecule has 0 bridgehead atoms. The van der Waals surface area contributed by atoms with E-state index in [0.717, 1.165) is 33.5 Å². The summed E-state index contributed by atoms with van der Waals surface area (Å²) >= 11 is 0. The Hall–Kier alpha value is -3.08. The smallest absolute Gasteiger partial charge is 0.258 e. The lowest BCUT2D eigenvalue weighted by Crippen LogP contribution is -2.27. The third kappa shape index (κ3) is 3.10. The molecule has 3 heterocycles. The number of nitrogens with zero attached hydrogens (tertiary/aromatic N) is 2. The number of benzene rings is 1. The highest BCUT2D eigenvalue weighted by Crippen LogP contribution is 2.31. The van der Waals surface area contributed by atoms with Crippen LogP contribution in [0, 0.1) is 13.8 Å². The number of rotatable bonds is 2. The first kappa shape index (κ1) is 17.3. The normalized spacial score (nSPS) is 12.0. The molecular formula is C22H24N4O. The van der Waals surface area contributed by atoms with Crippen molar-refractivity contribution in [3.05, 3.63) is 64.1 Å². The van der Waals surface area contributed by atoms with Gasteiger partial charge >= 0.3 is 0 Å². The number of imidazole rings is 1. The van der Waals surface area contributed by atoms with E-state index >= 15 is 0 Å². The van der Waals surface area contributed by atoms with Gasteiger partial charge in [0.15, 0.2) is 0 Å². The predicted molar refractivity (Wildman–Crippen MR) is 112 cm³/mol. The molecule has 5 heteroatoms. The van der Waals surface area contributed by atoms with Crippen molar-refractivity contribution in [1.82, 2.24) is 14.4 Å². The van der Waals surface area contributed by atoms with Crippen LogP contribution in [-0.2, 0) is 0 Å². The number of H-pyrrole nitrogens is 1. The summed E-state index contributed by atoms with van der Waals surface area (Å²) in [6.07, 6.45) is 1.98. The van der Waals surface area contributed by atoms with Gasteiger partial charge in [-0.05, 0) is 69.8 Å². The largest absolute Gasteiger partial charge is 0.365 e. The van der Waals surface area contributed by atoms with E-state index in [2.05, 4.69) is 37.1 Å². The average Bonchev–Trinajstić information content (AvgIpc) is 2.93. The van der Waals surface area contributed by atoms with Crippen LogP contribution in [0.2, 0.25) is 0 Å². The molecule has 138 valence electrons. The van der Waals surface area contributed by atoms with Crippen molar-refractivity contribution in [3.8, 4) is 11.3 Å². The van der Waals surface area contributed by atoms with Crippen LogP contribution in [-0.4, -0.2) is 19.9 Å². The molecule has 0 atom stereocenters. The molecule has 0 saturated carbocycles. The summed E-state index contributed by atoms with van der Waals surface area (Å²) in [5, 5.41) is 4.53. The van der Waals surface area contributed by atoms with Gasteiger partial charge in [0.25, 0.3) is 5.56 Å². The fraction of sp³-hybridized carbons (Fsp3) is 0.273. The third-order valence-electron chi connectivity index (χ3n) is 4.59. The summed E-state index contributed by atoms with van der Waals surface area (Å²) in [5.74, 6) is 0.832. The molecule has 1 aromatic carbocycles. The molecule has 3 aromatic heterocycles. The lowest BCUT2D eigenvalue weighted by Gasteiger charge is -2.22. The second-order valence-electron chi connectivity index (χ2n) is 8.17. The van der Waals surface area contributed by atoms with Gasteiger partial charge in [-0.2, -0.15) is 0 Å². The summed E-state index contributed by atoms with van der Waals surface area (Å²) in [6.45, 7) is 10.4. The zero-order chi connectivity index (χ0) is 19.3. The van der Waals surface area contributed by atoms with Crippen LogP contribution in [0.5, 0.6) is 0 Å². The highest BCUT2D eigenvalue weighted by atomic mass is 16.1. The number of fused-ring (bicyclic) bond motifs is 2. The topological polar surface area (TPSA) is 62.2 Å². The quantitative estimate of drug-likeness (QED) is 0.546. The van der Waals surface area contributed by atoms with E-state index in [0.29, 0.717) is 11.3 Å². The predicted octanol–water partition coefficient (Wildman–Crippen LogP) is 4.67. The first-order valence-electron chi connectivity index (χ1n) is 9.13. The van der Waals surface area contributed by atoms with Crippen LogP contribution in [0.25, 0.3) is 27.8 Å². The van der Waals surface area contributed by atoms with Crippen molar-refractivity contribution in [1.29, 1.82) is 0 Å². The van der Waals surface area contributed by atoms with Crippen molar-refractivity contribution in [2.45, 2.75) is 40.2 Å². The maximum Gasteiger partial charge on any atom is 0.258 e. The number of anilines is 1. The van der Waals surface area contributed by atoms with E-state index in [1.165, 1.54) is 0 Å². The molecule has 0 aliphatic rings. The number of aromatic amines is 1. The maximum absolute atomic E-state index is 12.9. The first-order chi connectivity index (χ1) is 12.7. The summed E-state index contributed by atoms with van der Waals surface area (Å²) < 4.78 is 2.02. The Balaban J connectivity index is 2.05. The molecule has 0 unspecified atom stereocenters. The van der Waals surface area contributed by atoms with Crippen molar-refractivity contribution < 1.29 is 0 Å². The van der Waals surface area contributed by atoms with Crippen LogP contribution >= 0.6 is 0 Å². The van der Waals surface area contributed by atoms with Gasteiger partial charge in [0.2, 0.25) is 0 Å². The molecule has 4 aromatic rings. The van der Waals surface area contributed by atoms with Gasteiger partial charge in [-0.25, -0.2) is 4.98 Å². The number of pyridine rings is 2. The van der Waals surface area contributed by atoms with Gasteiger partial charge in [-0.1, -0.05) is 17.7 Å². The SMILES string of the molecule is Cc1ccc2[nH]c(=O)c(-c3nc4c(C)cccn4c3NC(C)(C)C)cc2c1. The molecule has 4 rings (SSSR count). The van der Waals surface area contributed by atoms with E-state index in [4.69, 9.17) is 4.98 Å². The number of hydrogen-bond donors (Lipinski definition) is 2. The summed E-state index contributed by atoms with van der Waals surface area (Å²) in [7, 11) is 0. The fourth-order valence-corrected chi connectivity index (χ4v) is 3.37. The van der Waals surface area contributed by atoms with Crippen molar-refractivity contribution in [2.75, 3.05) is 5.32 Å². The molecule has 2 N–H and O–H groups in total. The second kappa shape index (κ2) is 5.98. The van der Waals surface area contributed by atoms with Gasteiger partial charge in [-0.3, -0.25) is 9.20 Å². The Labute approximate surface area is 158 Å². The van der Waals surface area contributed by atoms with Crippen LogP contribution in [0.1, 0.15) is 31.9 Å². The minimum Gasteiger partial charge on any atom is -0.365 e. The summed E-state index contributed by atoms with van der Waals surface area (Å²) in [5.41, 5.74) is 4.83. The van der Waals surface area contributed by atoms with E-state index < -0.39 is 0 Å². The minimum atomic E-state index is -0.172. The van der Waals surface area contributed by atoms with Crippen LogP contribution in [0.15, 0.2) is 47.4 Å². The Morgan fingerprint density at radius 1 is 1.11 bits per heavy atom. The van der Waals surface area contributed by atoms with E-state index in [-0.39, 0.29) is 11.1 Å². The Bertz CT molecular complexity index is 1220. The van der Waals surface area contributed by atoms with Gasteiger partial charge in [-0.15, -0.1) is 0 Å². The van der Waals surface area contributed by atoms with Crippen LogP contribution in [0.3, 0.4) is 0 Å². The van der Waals surface area contributed by atoms with E-state index in [1.807, 2.05) is 54.8 Å². The number of aryl methyl sites for hydroxylation is 2. The van der Waals surface area contributed by atoms with Crippen molar-refractivity contribution >= 4 is 22.4 Å². The zero-order valence-corrected chi connectivity index (χ0v) is 16.3. The Kier molecular flexibility index (Phi) is 3.84. The van der Waals surface area contributed by atoms with Gasteiger partial charge in [0.1, 0.15) is 17.2 Å². The minimum absolute atomic E-state index is 0.135. The lowest BCUT2D eigenvalue weighted by atomic mass is 10.1. The zero-order valence-electron chi connectivity index (χ0n) is 16.3. The maximum atomic E-state index is 12.9. The standard InChI is InChI=1S/C22H24N4O/c1-13-8-9-17-15(11-13)12-16(21(27)23-17)18-20(25-22(3,4)5)26-10-6-7-14(2)19(26)24-18/h6-12,25H,1-5H3,(H,23,27). The third-order valence-corrected chi connectivity index (χ3v) is 4.59.